The highest BCUT2D eigenvalue weighted by Gasteiger charge is 2.10. The normalized spacial score (nSPS) is 12.9. The first-order chi connectivity index (χ1) is 7.29. The molecule has 0 aliphatic rings. The van der Waals surface area contributed by atoms with E-state index in [2.05, 4.69) is 20.5 Å². The van der Waals surface area contributed by atoms with Gasteiger partial charge in [0.25, 0.3) is 0 Å². The molecule has 2 aromatic heterocycles. The van der Waals surface area contributed by atoms with E-state index in [1.165, 1.54) is 6.33 Å². The molecular formula is C8H11N5O2. The van der Waals surface area contributed by atoms with Gasteiger partial charge in [-0.1, -0.05) is 17.3 Å². The van der Waals surface area contributed by atoms with Gasteiger partial charge in [-0.3, -0.25) is 0 Å². The van der Waals surface area contributed by atoms with E-state index < -0.39 is 6.10 Å². The highest BCUT2D eigenvalue weighted by Crippen LogP contribution is 2.12. The van der Waals surface area contributed by atoms with Gasteiger partial charge >= 0.3 is 0 Å². The minimum Gasteiger partial charge on any atom is -0.387 e. The molecule has 2 aromatic rings. The topological polar surface area (TPSA) is 89.9 Å². The van der Waals surface area contributed by atoms with E-state index in [1.54, 1.807) is 10.9 Å². The Hall–Kier alpha value is -1.76. The Labute approximate surface area is 85.7 Å². The molecule has 0 aromatic carbocycles. The van der Waals surface area contributed by atoms with E-state index in [4.69, 9.17) is 4.52 Å². The van der Waals surface area contributed by atoms with Crippen LogP contribution in [-0.4, -0.2) is 30.2 Å². The zero-order valence-corrected chi connectivity index (χ0v) is 8.24. The first-order valence-electron chi connectivity index (χ1n) is 4.63. The Morgan fingerprint density at radius 1 is 1.60 bits per heavy atom. The van der Waals surface area contributed by atoms with Crippen LogP contribution < -0.4 is 0 Å². The molecule has 2 rings (SSSR count). The second kappa shape index (κ2) is 4.18. The quantitative estimate of drug-likeness (QED) is 0.771. The van der Waals surface area contributed by atoms with E-state index >= 15 is 0 Å². The third-order valence-electron chi connectivity index (χ3n) is 1.99. The summed E-state index contributed by atoms with van der Waals surface area (Å²) in [6, 6.07) is 0. The van der Waals surface area contributed by atoms with E-state index in [1.807, 2.05) is 6.92 Å². The number of rotatable bonds is 4. The summed E-state index contributed by atoms with van der Waals surface area (Å²) in [4.78, 5) is 3.86. The van der Waals surface area contributed by atoms with E-state index in [0.717, 1.165) is 0 Å². The highest BCUT2D eigenvalue weighted by molar-refractivity contribution is 4.97. The molecule has 2 heterocycles. The van der Waals surface area contributed by atoms with Crippen LogP contribution in [0.2, 0.25) is 0 Å². The van der Waals surface area contributed by atoms with Crippen molar-refractivity contribution >= 4 is 0 Å². The van der Waals surface area contributed by atoms with Crippen molar-refractivity contribution in [2.75, 3.05) is 0 Å². The van der Waals surface area contributed by atoms with Gasteiger partial charge in [0, 0.05) is 0 Å². The van der Waals surface area contributed by atoms with Crippen molar-refractivity contribution in [2.45, 2.75) is 26.0 Å². The minimum absolute atomic E-state index is 0.365. The smallest absolute Gasteiger partial charge is 0.248 e. The van der Waals surface area contributed by atoms with Gasteiger partial charge in [0.1, 0.15) is 12.2 Å². The standard InChI is InChI=1S/C8H11N5O2/c1-2-7(14)6-3-13(12-11-6)4-8-9-5-10-15-8/h3,5,7,14H,2,4H2,1H3. The second-order valence-electron chi connectivity index (χ2n) is 3.10. The average Bonchev–Trinajstić information content (AvgIpc) is 2.88. The Kier molecular flexibility index (Phi) is 2.72. The van der Waals surface area contributed by atoms with Crippen molar-refractivity contribution in [3.8, 4) is 0 Å². The fraction of sp³-hybridized carbons (Fsp3) is 0.500. The van der Waals surface area contributed by atoms with Crippen LogP contribution in [0.5, 0.6) is 0 Å². The molecule has 0 aliphatic carbocycles. The fourth-order valence-electron chi connectivity index (χ4n) is 1.16. The van der Waals surface area contributed by atoms with Gasteiger partial charge in [-0.25, -0.2) is 4.68 Å². The summed E-state index contributed by atoms with van der Waals surface area (Å²) in [5.74, 6) is 0.456. The zero-order valence-electron chi connectivity index (χ0n) is 8.24. The van der Waals surface area contributed by atoms with Gasteiger partial charge in [-0.2, -0.15) is 4.98 Å². The van der Waals surface area contributed by atoms with Crippen LogP contribution in [0.1, 0.15) is 31.0 Å². The predicted molar refractivity (Wildman–Crippen MR) is 48.7 cm³/mol. The van der Waals surface area contributed by atoms with Gasteiger partial charge in [0.15, 0.2) is 6.33 Å². The molecule has 0 amide bonds. The maximum Gasteiger partial charge on any atom is 0.248 e. The Morgan fingerprint density at radius 3 is 3.13 bits per heavy atom. The third-order valence-corrected chi connectivity index (χ3v) is 1.99. The van der Waals surface area contributed by atoms with E-state index in [0.29, 0.717) is 24.6 Å². The van der Waals surface area contributed by atoms with Crippen LogP contribution in [0.4, 0.5) is 0 Å². The lowest BCUT2D eigenvalue weighted by Crippen LogP contribution is -2.00. The van der Waals surface area contributed by atoms with Gasteiger partial charge in [0.05, 0.1) is 12.3 Å². The molecular weight excluding hydrogens is 198 g/mol. The molecule has 1 atom stereocenters. The summed E-state index contributed by atoms with van der Waals surface area (Å²) in [5, 5.41) is 20.7. The molecule has 0 bridgehead atoms. The lowest BCUT2D eigenvalue weighted by Gasteiger charge is -1.99. The Bertz CT molecular complexity index is 410. The molecule has 7 nitrogen and oxygen atoms in total. The van der Waals surface area contributed by atoms with Crippen LogP contribution in [0.15, 0.2) is 17.0 Å². The predicted octanol–water partition coefficient (Wildman–Crippen LogP) is 0.153. The summed E-state index contributed by atoms with van der Waals surface area (Å²) < 4.78 is 6.36. The molecule has 0 spiro atoms. The van der Waals surface area contributed by atoms with Crippen molar-refractivity contribution in [1.29, 1.82) is 0 Å². The van der Waals surface area contributed by atoms with Gasteiger partial charge in [-0.15, -0.1) is 5.10 Å². The highest BCUT2D eigenvalue weighted by atomic mass is 16.5. The molecule has 1 N–H and O–H groups in total. The Morgan fingerprint density at radius 2 is 2.47 bits per heavy atom. The summed E-state index contributed by atoms with van der Waals surface area (Å²) in [7, 11) is 0. The van der Waals surface area contributed by atoms with Gasteiger partial charge in [0.2, 0.25) is 5.89 Å². The summed E-state index contributed by atoms with van der Waals surface area (Å²) in [6.07, 6.45) is 3.03. The molecule has 0 aliphatic heterocycles. The monoisotopic (exact) mass is 209 g/mol. The molecule has 1 unspecified atom stereocenters. The number of nitrogens with zero attached hydrogens (tertiary/aromatic N) is 5. The van der Waals surface area contributed by atoms with Crippen LogP contribution in [0.25, 0.3) is 0 Å². The molecule has 0 radical (unpaired) electrons. The van der Waals surface area contributed by atoms with Crippen molar-refractivity contribution in [2.24, 2.45) is 0 Å². The van der Waals surface area contributed by atoms with Crippen LogP contribution >= 0.6 is 0 Å². The van der Waals surface area contributed by atoms with Gasteiger partial charge in [-0.05, 0) is 6.42 Å². The average molecular weight is 209 g/mol. The summed E-state index contributed by atoms with van der Waals surface area (Å²) >= 11 is 0. The number of hydrogen-bond acceptors (Lipinski definition) is 6. The number of aliphatic hydroxyl groups excluding tert-OH is 1. The first kappa shape index (κ1) is 9.78. The maximum absolute atomic E-state index is 9.50. The summed E-state index contributed by atoms with van der Waals surface area (Å²) in [5.41, 5.74) is 0.553. The third kappa shape index (κ3) is 2.18. The van der Waals surface area contributed by atoms with Crippen LogP contribution in [0.3, 0.4) is 0 Å². The van der Waals surface area contributed by atoms with E-state index in [9.17, 15) is 5.11 Å². The molecule has 0 saturated carbocycles. The van der Waals surface area contributed by atoms with Gasteiger partial charge < -0.3 is 9.63 Å². The maximum atomic E-state index is 9.50. The van der Waals surface area contributed by atoms with Crippen molar-refractivity contribution in [3.05, 3.63) is 24.1 Å². The number of hydrogen-bond donors (Lipinski definition) is 1. The number of aromatic nitrogens is 5. The fourth-order valence-corrected chi connectivity index (χ4v) is 1.16. The minimum atomic E-state index is -0.568. The van der Waals surface area contributed by atoms with Crippen molar-refractivity contribution < 1.29 is 9.63 Å². The lowest BCUT2D eigenvalue weighted by atomic mass is 10.2. The molecule has 0 fully saturated rings. The second-order valence-corrected chi connectivity index (χ2v) is 3.10. The molecule has 15 heavy (non-hydrogen) atoms. The summed E-state index contributed by atoms with van der Waals surface area (Å²) in [6.45, 7) is 2.24. The van der Waals surface area contributed by atoms with Crippen LogP contribution in [-0.2, 0) is 6.54 Å². The largest absolute Gasteiger partial charge is 0.387 e. The molecule has 80 valence electrons. The molecule has 7 heteroatoms. The lowest BCUT2D eigenvalue weighted by molar-refractivity contribution is 0.168. The Balaban J connectivity index is 2.07. The van der Waals surface area contributed by atoms with Crippen molar-refractivity contribution in [1.82, 2.24) is 25.1 Å². The SMILES string of the molecule is CCC(O)c1cn(Cc2ncno2)nn1. The van der Waals surface area contributed by atoms with Crippen molar-refractivity contribution in [3.63, 3.8) is 0 Å². The number of aliphatic hydroxyl groups is 1. The van der Waals surface area contributed by atoms with Crippen LogP contribution in [0, 0.1) is 0 Å². The van der Waals surface area contributed by atoms with E-state index in [-0.39, 0.29) is 0 Å². The molecule has 0 saturated heterocycles. The first-order valence-corrected chi connectivity index (χ1v) is 4.63. The zero-order chi connectivity index (χ0) is 10.7.